The predicted octanol–water partition coefficient (Wildman–Crippen LogP) is 3.55. The Morgan fingerprint density at radius 3 is 2.85 bits per heavy atom. The van der Waals surface area contributed by atoms with Crippen LogP contribution in [-0.2, 0) is 4.79 Å². The third-order valence-corrected chi connectivity index (χ3v) is 4.65. The zero-order valence-electron chi connectivity index (χ0n) is 11.5. The molecule has 1 aliphatic carbocycles. The SMILES string of the molecule is CC(NC(=O)C1CCCC1CN)c1ccc(Cl)cc1Cl. The van der Waals surface area contributed by atoms with Gasteiger partial charge in [-0.3, -0.25) is 4.79 Å². The third-order valence-electron chi connectivity index (χ3n) is 4.09. The van der Waals surface area contributed by atoms with E-state index in [1.165, 1.54) is 0 Å². The molecule has 3 N–H and O–H groups in total. The molecule has 1 saturated carbocycles. The Hall–Kier alpha value is -0.770. The van der Waals surface area contributed by atoms with Gasteiger partial charge in [0.2, 0.25) is 5.91 Å². The van der Waals surface area contributed by atoms with Crippen molar-refractivity contribution in [2.24, 2.45) is 17.6 Å². The van der Waals surface area contributed by atoms with E-state index in [2.05, 4.69) is 5.32 Å². The first-order valence-corrected chi connectivity index (χ1v) is 7.74. The van der Waals surface area contributed by atoms with E-state index < -0.39 is 0 Å². The van der Waals surface area contributed by atoms with Gasteiger partial charge in [0.1, 0.15) is 0 Å². The zero-order valence-corrected chi connectivity index (χ0v) is 13.0. The second kappa shape index (κ2) is 6.79. The average Bonchev–Trinajstić information content (AvgIpc) is 2.86. The van der Waals surface area contributed by atoms with Gasteiger partial charge in [-0.25, -0.2) is 0 Å². The first kappa shape index (κ1) is 15.6. The van der Waals surface area contributed by atoms with Crippen molar-refractivity contribution < 1.29 is 4.79 Å². The fourth-order valence-corrected chi connectivity index (χ4v) is 3.49. The van der Waals surface area contributed by atoms with Crippen LogP contribution in [0.4, 0.5) is 0 Å². The topological polar surface area (TPSA) is 55.1 Å². The molecule has 110 valence electrons. The maximum atomic E-state index is 12.3. The summed E-state index contributed by atoms with van der Waals surface area (Å²) in [7, 11) is 0. The molecule has 0 spiro atoms. The Kier molecular flexibility index (Phi) is 5.30. The van der Waals surface area contributed by atoms with Crippen molar-refractivity contribution in [2.45, 2.75) is 32.2 Å². The summed E-state index contributed by atoms with van der Waals surface area (Å²) in [4.78, 5) is 12.3. The van der Waals surface area contributed by atoms with Crippen LogP contribution in [0.1, 0.15) is 37.8 Å². The summed E-state index contributed by atoms with van der Waals surface area (Å²) in [6.07, 6.45) is 3.05. The van der Waals surface area contributed by atoms with Crippen molar-refractivity contribution >= 4 is 29.1 Å². The Bertz CT molecular complexity index is 493. The molecule has 0 saturated heterocycles. The van der Waals surface area contributed by atoms with Crippen molar-refractivity contribution in [1.29, 1.82) is 0 Å². The van der Waals surface area contributed by atoms with E-state index in [4.69, 9.17) is 28.9 Å². The Balaban J connectivity index is 2.03. The van der Waals surface area contributed by atoms with Crippen LogP contribution in [0.2, 0.25) is 10.0 Å². The van der Waals surface area contributed by atoms with Gasteiger partial charge >= 0.3 is 0 Å². The molecule has 3 unspecified atom stereocenters. The Labute approximate surface area is 129 Å². The highest BCUT2D eigenvalue weighted by molar-refractivity contribution is 6.35. The van der Waals surface area contributed by atoms with Crippen LogP contribution >= 0.6 is 23.2 Å². The summed E-state index contributed by atoms with van der Waals surface area (Å²) in [5.41, 5.74) is 6.61. The predicted molar refractivity (Wildman–Crippen MR) is 82.9 cm³/mol. The molecule has 3 nitrogen and oxygen atoms in total. The van der Waals surface area contributed by atoms with Crippen LogP contribution in [0.15, 0.2) is 18.2 Å². The lowest BCUT2D eigenvalue weighted by molar-refractivity contribution is -0.126. The van der Waals surface area contributed by atoms with Crippen molar-refractivity contribution in [1.82, 2.24) is 5.32 Å². The maximum Gasteiger partial charge on any atom is 0.223 e. The second-order valence-electron chi connectivity index (χ2n) is 5.43. The molecule has 1 amide bonds. The van der Waals surface area contributed by atoms with Gasteiger partial charge in [-0.15, -0.1) is 0 Å². The molecule has 1 aromatic rings. The molecular weight excluding hydrogens is 295 g/mol. The average molecular weight is 315 g/mol. The van der Waals surface area contributed by atoms with Gasteiger partial charge in [-0.2, -0.15) is 0 Å². The number of nitrogens with one attached hydrogen (secondary N) is 1. The van der Waals surface area contributed by atoms with Gasteiger partial charge in [0, 0.05) is 16.0 Å². The molecule has 0 bridgehead atoms. The fraction of sp³-hybridized carbons (Fsp3) is 0.533. The van der Waals surface area contributed by atoms with Crippen LogP contribution < -0.4 is 11.1 Å². The number of nitrogens with two attached hydrogens (primary N) is 1. The summed E-state index contributed by atoms with van der Waals surface area (Å²) in [5, 5.41) is 4.21. The molecule has 0 aromatic heterocycles. The van der Waals surface area contributed by atoms with Crippen LogP contribution in [0.3, 0.4) is 0 Å². The number of amides is 1. The lowest BCUT2D eigenvalue weighted by Crippen LogP contribution is -2.36. The molecule has 0 aliphatic heterocycles. The number of hydrogen-bond donors (Lipinski definition) is 2. The van der Waals surface area contributed by atoms with Crippen molar-refractivity contribution in [3.8, 4) is 0 Å². The van der Waals surface area contributed by atoms with Crippen molar-refractivity contribution in [3.05, 3.63) is 33.8 Å². The molecule has 1 aliphatic rings. The first-order valence-electron chi connectivity index (χ1n) is 6.98. The van der Waals surface area contributed by atoms with E-state index in [0.29, 0.717) is 22.5 Å². The normalized spacial score (nSPS) is 23.6. The number of carbonyl (C=O) groups is 1. The summed E-state index contributed by atoms with van der Waals surface area (Å²) < 4.78 is 0. The smallest absolute Gasteiger partial charge is 0.223 e. The standard InChI is InChI=1S/C15H20Cl2N2O/c1-9(12-6-5-11(16)7-14(12)17)19-15(20)13-4-2-3-10(13)8-18/h5-7,9-10,13H,2-4,8,18H2,1H3,(H,19,20). The summed E-state index contributed by atoms with van der Waals surface area (Å²) >= 11 is 12.1. The van der Waals surface area contributed by atoms with Gasteiger partial charge in [-0.05, 0) is 49.9 Å². The summed E-state index contributed by atoms with van der Waals surface area (Å²) in [5.74, 6) is 0.424. The molecule has 1 fully saturated rings. The summed E-state index contributed by atoms with van der Waals surface area (Å²) in [6.45, 7) is 2.51. The minimum absolute atomic E-state index is 0.0357. The first-order chi connectivity index (χ1) is 9.52. The number of rotatable bonds is 4. The molecule has 0 heterocycles. The molecule has 3 atom stereocenters. The van der Waals surface area contributed by atoms with E-state index >= 15 is 0 Å². The highest BCUT2D eigenvalue weighted by Crippen LogP contribution is 2.32. The van der Waals surface area contributed by atoms with E-state index in [0.717, 1.165) is 24.8 Å². The second-order valence-corrected chi connectivity index (χ2v) is 6.27. The number of hydrogen-bond acceptors (Lipinski definition) is 2. The Morgan fingerprint density at radius 2 is 2.20 bits per heavy atom. The zero-order chi connectivity index (χ0) is 14.7. The monoisotopic (exact) mass is 314 g/mol. The van der Waals surface area contributed by atoms with Crippen LogP contribution in [0.5, 0.6) is 0 Å². The van der Waals surface area contributed by atoms with Gasteiger partial charge in [0.15, 0.2) is 0 Å². The molecule has 1 aromatic carbocycles. The minimum atomic E-state index is -0.133. The van der Waals surface area contributed by atoms with Crippen molar-refractivity contribution in [2.75, 3.05) is 6.54 Å². The lowest BCUT2D eigenvalue weighted by atomic mass is 9.94. The van der Waals surface area contributed by atoms with E-state index in [9.17, 15) is 4.79 Å². The number of halogens is 2. The Morgan fingerprint density at radius 1 is 1.45 bits per heavy atom. The molecular formula is C15H20Cl2N2O. The summed E-state index contributed by atoms with van der Waals surface area (Å²) in [6, 6.07) is 5.19. The molecule has 20 heavy (non-hydrogen) atoms. The lowest BCUT2D eigenvalue weighted by Gasteiger charge is -2.21. The number of carbonyl (C=O) groups excluding carboxylic acids is 1. The molecule has 5 heteroatoms. The van der Waals surface area contributed by atoms with E-state index in [-0.39, 0.29) is 17.9 Å². The van der Waals surface area contributed by atoms with Crippen molar-refractivity contribution in [3.63, 3.8) is 0 Å². The van der Waals surface area contributed by atoms with Gasteiger partial charge in [-0.1, -0.05) is 35.7 Å². The van der Waals surface area contributed by atoms with Crippen LogP contribution in [0, 0.1) is 11.8 Å². The third kappa shape index (κ3) is 3.46. The fourth-order valence-electron chi connectivity index (χ4n) is 2.91. The number of benzene rings is 1. The van der Waals surface area contributed by atoms with E-state index in [1.54, 1.807) is 12.1 Å². The quantitative estimate of drug-likeness (QED) is 0.893. The van der Waals surface area contributed by atoms with E-state index in [1.807, 2.05) is 13.0 Å². The van der Waals surface area contributed by atoms with Crippen LogP contribution in [-0.4, -0.2) is 12.5 Å². The minimum Gasteiger partial charge on any atom is -0.349 e. The highest BCUT2D eigenvalue weighted by atomic mass is 35.5. The van der Waals surface area contributed by atoms with Crippen LogP contribution in [0.25, 0.3) is 0 Å². The van der Waals surface area contributed by atoms with Gasteiger partial charge < -0.3 is 11.1 Å². The van der Waals surface area contributed by atoms with Gasteiger partial charge in [0.25, 0.3) is 0 Å². The largest absolute Gasteiger partial charge is 0.349 e. The molecule has 0 radical (unpaired) electrons. The molecule has 2 rings (SSSR count). The highest BCUT2D eigenvalue weighted by Gasteiger charge is 2.32. The van der Waals surface area contributed by atoms with Gasteiger partial charge in [0.05, 0.1) is 6.04 Å². The maximum absolute atomic E-state index is 12.3.